The maximum atomic E-state index is 14.5. The number of nitrogens with zero attached hydrogens (tertiary/aromatic N) is 3. The van der Waals surface area contributed by atoms with Gasteiger partial charge in [-0.25, -0.2) is 9.37 Å². The molecule has 0 saturated carbocycles. The van der Waals surface area contributed by atoms with Crippen molar-refractivity contribution >= 4 is 11.6 Å². The predicted octanol–water partition coefficient (Wildman–Crippen LogP) is 1.96. The van der Waals surface area contributed by atoms with Gasteiger partial charge in [-0.2, -0.15) is 13.2 Å². The Morgan fingerprint density at radius 3 is 2.63 bits per heavy atom. The van der Waals surface area contributed by atoms with Crippen molar-refractivity contribution in [3.8, 4) is 29.2 Å². The molecule has 0 spiro atoms. The highest BCUT2D eigenvalue weighted by molar-refractivity contribution is 5.99. The molecule has 140 valence electrons. The van der Waals surface area contributed by atoms with E-state index in [0.717, 1.165) is 24.1 Å². The van der Waals surface area contributed by atoms with E-state index in [4.69, 9.17) is 11.2 Å². The molecule has 0 bridgehead atoms. The van der Waals surface area contributed by atoms with Crippen LogP contribution in [0.15, 0.2) is 23.1 Å². The number of amides is 1. The molecule has 0 radical (unpaired) electrons. The van der Waals surface area contributed by atoms with Crippen molar-refractivity contribution in [2.45, 2.75) is 6.18 Å². The Labute approximate surface area is 150 Å². The van der Waals surface area contributed by atoms with E-state index in [1.807, 2.05) is 0 Å². The van der Waals surface area contributed by atoms with E-state index in [1.165, 1.54) is 0 Å². The Bertz CT molecular complexity index is 1040. The number of aromatic nitrogens is 2. The third kappa shape index (κ3) is 3.12. The lowest BCUT2D eigenvalue weighted by atomic mass is 10.1. The highest BCUT2D eigenvalue weighted by Gasteiger charge is 2.36. The second-order valence-electron chi connectivity index (χ2n) is 5.63. The summed E-state index contributed by atoms with van der Waals surface area (Å²) in [7, 11) is 0.884. The molecule has 1 aliphatic rings. The zero-order chi connectivity index (χ0) is 19.9. The van der Waals surface area contributed by atoms with Gasteiger partial charge in [-0.3, -0.25) is 19.1 Å². The summed E-state index contributed by atoms with van der Waals surface area (Å²) in [6, 6.07) is 2.07. The molecule has 1 aromatic heterocycles. The number of anilines is 1. The van der Waals surface area contributed by atoms with E-state index in [0.29, 0.717) is 6.20 Å². The quantitative estimate of drug-likeness (QED) is 0.589. The molecular weight excluding hydrogens is 370 g/mol. The molecule has 0 saturated heterocycles. The van der Waals surface area contributed by atoms with Crippen molar-refractivity contribution in [2.75, 3.05) is 18.1 Å². The topological polar surface area (TPSA) is 64.4 Å². The van der Waals surface area contributed by atoms with Crippen LogP contribution in [0.3, 0.4) is 0 Å². The van der Waals surface area contributed by atoms with E-state index >= 15 is 0 Å². The number of alkyl halides is 3. The van der Waals surface area contributed by atoms with Gasteiger partial charge in [0.2, 0.25) is 5.82 Å². The molecule has 0 fully saturated rings. The van der Waals surface area contributed by atoms with Gasteiger partial charge in [-0.1, -0.05) is 5.92 Å². The first kappa shape index (κ1) is 18.4. The van der Waals surface area contributed by atoms with Crippen molar-refractivity contribution in [1.29, 1.82) is 0 Å². The van der Waals surface area contributed by atoms with Gasteiger partial charge in [-0.15, -0.1) is 6.42 Å². The van der Waals surface area contributed by atoms with Crippen LogP contribution in [-0.2, 0) is 18.0 Å². The summed E-state index contributed by atoms with van der Waals surface area (Å²) in [5.74, 6) is -0.495. The zero-order valence-corrected chi connectivity index (χ0v) is 13.8. The van der Waals surface area contributed by atoms with Crippen molar-refractivity contribution in [2.24, 2.45) is 7.05 Å². The SMILES string of the molecule is C#CCN1C(=O)COc2cc(F)c(-c3cnc(C(F)(F)F)n(C)c3=O)cc21. The van der Waals surface area contributed by atoms with Crippen LogP contribution in [-0.4, -0.2) is 28.6 Å². The molecule has 1 aromatic carbocycles. The summed E-state index contributed by atoms with van der Waals surface area (Å²) in [6.07, 6.45) is 1.03. The van der Waals surface area contributed by atoms with Gasteiger partial charge >= 0.3 is 6.18 Å². The number of fused-ring (bicyclic) bond motifs is 1. The monoisotopic (exact) mass is 381 g/mol. The van der Waals surface area contributed by atoms with Crippen molar-refractivity contribution in [3.63, 3.8) is 0 Å². The fourth-order valence-electron chi connectivity index (χ4n) is 2.69. The molecule has 1 amide bonds. The molecule has 27 heavy (non-hydrogen) atoms. The lowest BCUT2D eigenvalue weighted by Crippen LogP contribution is -2.39. The van der Waals surface area contributed by atoms with Crippen molar-refractivity contribution in [3.05, 3.63) is 40.3 Å². The minimum Gasteiger partial charge on any atom is -0.481 e. The van der Waals surface area contributed by atoms with E-state index < -0.39 is 34.8 Å². The standard InChI is InChI=1S/C17H11F4N3O3/c1-3-4-24-12-5-9(11(18)6-13(12)27-8-14(24)25)10-7-22-16(17(19,20)21)23(2)15(10)26/h1,5-7H,4,8H2,2H3. The Morgan fingerprint density at radius 1 is 1.30 bits per heavy atom. The molecule has 0 N–H and O–H groups in total. The van der Waals surface area contributed by atoms with Crippen LogP contribution in [0.25, 0.3) is 11.1 Å². The van der Waals surface area contributed by atoms with Gasteiger partial charge in [0.25, 0.3) is 11.5 Å². The molecular formula is C17H11F4N3O3. The molecule has 0 aliphatic carbocycles. The van der Waals surface area contributed by atoms with Crippen LogP contribution in [0.2, 0.25) is 0 Å². The van der Waals surface area contributed by atoms with E-state index in [-0.39, 0.29) is 34.7 Å². The van der Waals surface area contributed by atoms with E-state index in [1.54, 1.807) is 0 Å². The highest BCUT2D eigenvalue weighted by atomic mass is 19.4. The van der Waals surface area contributed by atoms with Gasteiger partial charge < -0.3 is 4.74 Å². The maximum Gasteiger partial charge on any atom is 0.449 e. The third-order valence-corrected chi connectivity index (χ3v) is 3.95. The highest BCUT2D eigenvalue weighted by Crippen LogP contribution is 2.37. The van der Waals surface area contributed by atoms with Gasteiger partial charge in [0.05, 0.1) is 17.8 Å². The number of ether oxygens (including phenoxy) is 1. The summed E-state index contributed by atoms with van der Waals surface area (Å²) in [5.41, 5.74) is -1.70. The Morgan fingerprint density at radius 2 is 2.00 bits per heavy atom. The van der Waals surface area contributed by atoms with Crippen LogP contribution in [0.5, 0.6) is 5.75 Å². The predicted molar refractivity (Wildman–Crippen MR) is 86.6 cm³/mol. The van der Waals surface area contributed by atoms with Gasteiger partial charge in [0.1, 0.15) is 11.6 Å². The molecule has 2 aromatic rings. The summed E-state index contributed by atoms with van der Waals surface area (Å²) in [6.45, 7) is -0.458. The molecule has 2 heterocycles. The van der Waals surface area contributed by atoms with Gasteiger partial charge in [0.15, 0.2) is 6.61 Å². The third-order valence-electron chi connectivity index (χ3n) is 3.95. The average molecular weight is 381 g/mol. The van der Waals surface area contributed by atoms with E-state index in [9.17, 15) is 27.2 Å². The number of hydrogen-bond acceptors (Lipinski definition) is 4. The molecule has 1 aliphatic heterocycles. The Kier molecular flexibility index (Phi) is 4.39. The zero-order valence-electron chi connectivity index (χ0n) is 13.8. The number of carbonyl (C=O) groups is 1. The second-order valence-corrected chi connectivity index (χ2v) is 5.63. The number of hydrogen-bond donors (Lipinski definition) is 0. The summed E-state index contributed by atoms with van der Waals surface area (Å²) >= 11 is 0. The minimum atomic E-state index is -4.84. The first-order valence-electron chi connectivity index (χ1n) is 7.49. The van der Waals surface area contributed by atoms with Crippen LogP contribution < -0.4 is 15.2 Å². The van der Waals surface area contributed by atoms with Crippen LogP contribution in [0, 0.1) is 18.2 Å². The smallest absolute Gasteiger partial charge is 0.449 e. The summed E-state index contributed by atoms with van der Waals surface area (Å²) in [5, 5.41) is 0. The number of carbonyl (C=O) groups excluding carboxylic acids is 1. The summed E-state index contributed by atoms with van der Waals surface area (Å²) in [4.78, 5) is 28.7. The Hall–Kier alpha value is -3.35. The number of halogens is 4. The first-order chi connectivity index (χ1) is 12.6. The largest absolute Gasteiger partial charge is 0.481 e. The number of benzene rings is 1. The van der Waals surface area contributed by atoms with E-state index in [2.05, 4.69) is 10.9 Å². The second kappa shape index (κ2) is 6.42. The normalized spacial score (nSPS) is 13.8. The fourth-order valence-corrected chi connectivity index (χ4v) is 2.69. The van der Waals surface area contributed by atoms with Crippen molar-refractivity contribution in [1.82, 2.24) is 9.55 Å². The molecule has 10 heteroatoms. The van der Waals surface area contributed by atoms with Crippen LogP contribution >= 0.6 is 0 Å². The summed E-state index contributed by atoms with van der Waals surface area (Å²) < 4.78 is 58.6. The minimum absolute atomic E-state index is 0.0304. The van der Waals surface area contributed by atoms with Crippen LogP contribution in [0.4, 0.5) is 23.2 Å². The molecule has 0 atom stereocenters. The molecule has 3 rings (SSSR count). The number of rotatable bonds is 2. The van der Waals surface area contributed by atoms with Gasteiger partial charge in [-0.05, 0) is 6.07 Å². The first-order valence-corrected chi connectivity index (χ1v) is 7.49. The maximum absolute atomic E-state index is 14.5. The number of terminal acetylenes is 1. The Balaban J connectivity index is 2.20. The van der Waals surface area contributed by atoms with Crippen LogP contribution in [0.1, 0.15) is 5.82 Å². The van der Waals surface area contributed by atoms with Gasteiger partial charge in [0, 0.05) is 24.9 Å². The molecule has 0 unspecified atom stereocenters. The fraction of sp³-hybridized carbons (Fsp3) is 0.235. The lowest BCUT2D eigenvalue weighted by molar-refractivity contribution is -0.147. The van der Waals surface area contributed by atoms with Crippen molar-refractivity contribution < 1.29 is 27.1 Å². The lowest BCUT2D eigenvalue weighted by Gasteiger charge is -2.28. The molecule has 6 nitrogen and oxygen atoms in total. The average Bonchev–Trinajstić information content (AvgIpc) is 2.59.